The van der Waals surface area contributed by atoms with E-state index in [0.717, 1.165) is 25.7 Å². The van der Waals surface area contributed by atoms with Crippen molar-refractivity contribution in [1.29, 1.82) is 0 Å². The van der Waals surface area contributed by atoms with Crippen LogP contribution in [0.3, 0.4) is 0 Å². The number of carbonyl (C=O) groups is 2. The topological polar surface area (TPSA) is 49.4 Å². The second-order valence-corrected chi connectivity index (χ2v) is 6.31. The molecule has 0 aromatic rings. The van der Waals surface area contributed by atoms with Crippen LogP contribution < -0.4 is 5.32 Å². The van der Waals surface area contributed by atoms with Gasteiger partial charge in [-0.15, -0.1) is 0 Å². The molecule has 4 nitrogen and oxygen atoms in total. The first-order chi connectivity index (χ1) is 9.97. The summed E-state index contributed by atoms with van der Waals surface area (Å²) in [4.78, 5) is 27.5. The van der Waals surface area contributed by atoms with Crippen molar-refractivity contribution < 1.29 is 9.59 Å². The van der Waals surface area contributed by atoms with Crippen LogP contribution >= 0.6 is 0 Å². The first kappa shape index (κ1) is 18.0. The zero-order chi connectivity index (χ0) is 16.0. The van der Waals surface area contributed by atoms with Gasteiger partial charge in [0.2, 0.25) is 11.8 Å². The summed E-state index contributed by atoms with van der Waals surface area (Å²) in [6.45, 7) is 11.0. The van der Waals surface area contributed by atoms with E-state index in [1.54, 1.807) is 0 Å². The molecule has 1 aliphatic heterocycles. The summed E-state index contributed by atoms with van der Waals surface area (Å²) < 4.78 is 0. The van der Waals surface area contributed by atoms with Crippen LogP contribution in [0, 0.1) is 5.92 Å². The number of piperazine rings is 1. The lowest BCUT2D eigenvalue weighted by Crippen LogP contribution is -2.71. The average molecular weight is 296 g/mol. The number of carbonyl (C=O) groups excluding carboxylic acids is 2. The van der Waals surface area contributed by atoms with Gasteiger partial charge in [-0.3, -0.25) is 9.59 Å². The third kappa shape index (κ3) is 3.58. The zero-order valence-corrected chi connectivity index (χ0v) is 14.4. The molecule has 1 N–H and O–H groups in total. The maximum absolute atomic E-state index is 13.0. The Labute approximate surface area is 129 Å². The van der Waals surface area contributed by atoms with E-state index in [1.807, 2.05) is 18.7 Å². The summed E-state index contributed by atoms with van der Waals surface area (Å²) >= 11 is 0. The van der Waals surface area contributed by atoms with Crippen LogP contribution in [0.15, 0.2) is 0 Å². The molecule has 0 aromatic carbocycles. The molecule has 21 heavy (non-hydrogen) atoms. The van der Waals surface area contributed by atoms with Crippen molar-refractivity contribution in [1.82, 2.24) is 10.2 Å². The number of rotatable bonds is 8. The molecule has 0 spiro atoms. The SMILES string of the molecule is CCCCCN1C(=O)C(CC)(CC)NC(=O)C1C(C)CC. The van der Waals surface area contributed by atoms with Gasteiger partial charge >= 0.3 is 0 Å². The summed E-state index contributed by atoms with van der Waals surface area (Å²) in [5.41, 5.74) is -0.687. The highest BCUT2D eigenvalue weighted by molar-refractivity contribution is 5.99. The molecule has 2 unspecified atom stereocenters. The van der Waals surface area contributed by atoms with Crippen LogP contribution in [0.25, 0.3) is 0 Å². The number of unbranched alkanes of at least 4 members (excludes halogenated alkanes) is 2. The van der Waals surface area contributed by atoms with Gasteiger partial charge in [0.15, 0.2) is 0 Å². The van der Waals surface area contributed by atoms with Gasteiger partial charge in [-0.25, -0.2) is 0 Å². The van der Waals surface area contributed by atoms with Crippen molar-refractivity contribution in [2.24, 2.45) is 5.92 Å². The molecule has 0 radical (unpaired) electrons. The molecule has 4 heteroatoms. The molecule has 1 rings (SSSR count). The van der Waals surface area contributed by atoms with Gasteiger partial charge in [0.05, 0.1) is 0 Å². The Kier molecular flexibility index (Phi) is 6.69. The Morgan fingerprint density at radius 3 is 2.24 bits per heavy atom. The molecule has 0 saturated carbocycles. The summed E-state index contributed by atoms with van der Waals surface area (Å²) in [7, 11) is 0. The molecular formula is C17H32N2O2. The van der Waals surface area contributed by atoms with Crippen LogP contribution in [0.5, 0.6) is 0 Å². The fourth-order valence-electron chi connectivity index (χ4n) is 3.20. The second kappa shape index (κ2) is 7.81. The predicted molar refractivity (Wildman–Crippen MR) is 85.9 cm³/mol. The molecule has 1 saturated heterocycles. The maximum atomic E-state index is 13.0. The average Bonchev–Trinajstić information content (AvgIpc) is 2.49. The largest absolute Gasteiger partial charge is 0.340 e. The van der Waals surface area contributed by atoms with Gasteiger partial charge < -0.3 is 10.2 Å². The highest BCUT2D eigenvalue weighted by atomic mass is 16.2. The Bertz CT molecular complexity index is 364. The van der Waals surface area contributed by atoms with E-state index in [0.29, 0.717) is 19.4 Å². The smallest absolute Gasteiger partial charge is 0.248 e. The Balaban J connectivity index is 3.04. The third-order valence-corrected chi connectivity index (χ3v) is 5.03. The lowest BCUT2D eigenvalue weighted by atomic mass is 9.84. The molecular weight excluding hydrogens is 264 g/mol. The molecule has 1 fully saturated rings. The van der Waals surface area contributed by atoms with Crippen molar-refractivity contribution in [3.63, 3.8) is 0 Å². The number of nitrogens with one attached hydrogen (secondary N) is 1. The van der Waals surface area contributed by atoms with Crippen molar-refractivity contribution in [2.75, 3.05) is 6.54 Å². The molecule has 1 aliphatic rings. The van der Waals surface area contributed by atoms with Gasteiger partial charge in [-0.2, -0.15) is 0 Å². The molecule has 0 aromatic heterocycles. The van der Waals surface area contributed by atoms with Gasteiger partial charge in [-0.05, 0) is 25.2 Å². The van der Waals surface area contributed by atoms with Gasteiger partial charge in [0.1, 0.15) is 11.6 Å². The Morgan fingerprint density at radius 2 is 1.76 bits per heavy atom. The number of hydrogen-bond donors (Lipinski definition) is 1. The molecule has 1 heterocycles. The van der Waals surface area contributed by atoms with Crippen LogP contribution in [0.4, 0.5) is 0 Å². The van der Waals surface area contributed by atoms with Crippen molar-refractivity contribution in [3.05, 3.63) is 0 Å². The molecule has 2 atom stereocenters. The predicted octanol–water partition coefficient (Wildman–Crippen LogP) is 3.11. The number of amides is 2. The lowest BCUT2D eigenvalue weighted by Gasteiger charge is -2.47. The molecule has 2 amide bonds. The minimum atomic E-state index is -0.687. The first-order valence-corrected chi connectivity index (χ1v) is 8.60. The van der Waals surface area contributed by atoms with E-state index in [1.165, 1.54) is 0 Å². The van der Waals surface area contributed by atoms with E-state index in [4.69, 9.17) is 0 Å². The van der Waals surface area contributed by atoms with Crippen LogP contribution in [-0.2, 0) is 9.59 Å². The van der Waals surface area contributed by atoms with Gasteiger partial charge in [-0.1, -0.05) is 53.9 Å². The van der Waals surface area contributed by atoms with Crippen LogP contribution in [0.2, 0.25) is 0 Å². The van der Waals surface area contributed by atoms with Crippen molar-refractivity contribution >= 4 is 11.8 Å². The minimum absolute atomic E-state index is 0.0316. The zero-order valence-electron chi connectivity index (χ0n) is 14.4. The van der Waals surface area contributed by atoms with E-state index in [2.05, 4.69) is 26.1 Å². The Morgan fingerprint density at radius 1 is 1.14 bits per heavy atom. The lowest BCUT2D eigenvalue weighted by molar-refractivity contribution is -0.157. The highest BCUT2D eigenvalue weighted by Crippen LogP contribution is 2.29. The van der Waals surface area contributed by atoms with E-state index < -0.39 is 5.54 Å². The highest BCUT2D eigenvalue weighted by Gasteiger charge is 2.49. The van der Waals surface area contributed by atoms with Crippen molar-refractivity contribution in [3.8, 4) is 0 Å². The van der Waals surface area contributed by atoms with E-state index in [9.17, 15) is 9.59 Å². The summed E-state index contributed by atoms with van der Waals surface area (Å²) in [5.74, 6) is 0.347. The number of hydrogen-bond acceptors (Lipinski definition) is 2. The van der Waals surface area contributed by atoms with Gasteiger partial charge in [0, 0.05) is 6.54 Å². The third-order valence-electron chi connectivity index (χ3n) is 5.03. The molecule has 0 aliphatic carbocycles. The van der Waals surface area contributed by atoms with Gasteiger partial charge in [0.25, 0.3) is 0 Å². The van der Waals surface area contributed by atoms with E-state index >= 15 is 0 Å². The first-order valence-electron chi connectivity index (χ1n) is 8.60. The number of nitrogens with zero attached hydrogens (tertiary/aromatic N) is 1. The fourth-order valence-corrected chi connectivity index (χ4v) is 3.20. The van der Waals surface area contributed by atoms with Crippen LogP contribution in [-0.4, -0.2) is 34.8 Å². The summed E-state index contributed by atoms with van der Waals surface area (Å²) in [5, 5.41) is 3.03. The molecule has 122 valence electrons. The van der Waals surface area contributed by atoms with Crippen LogP contribution in [0.1, 0.15) is 73.1 Å². The standard InChI is InChI=1S/C17H32N2O2/c1-6-10-11-12-19-14(13(5)7-2)15(20)18-17(8-3,9-4)16(19)21/h13-14H,6-12H2,1-5H3,(H,18,20). The summed E-state index contributed by atoms with van der Waals surface area (Å²) in [6, 6.07) is -0.300. The van der Waals surface area contributed by atoms with Crippen molar-refractivity contribution in [2.45, 2.75) is 84.7 Å². The molecule has 0 bridgehead atoms. The fraction of sp³-hybridized carbons (Fsp3) is 0.882. The summed E-state index contributed by atoms with van der Waals surface area (Å²) in [6.07, 6.45) is 5.42. The quantitative estimate of drug-likeness (QED) is 0.700. The maximum Gasteiger partial charge on any atom is 0.248 e. The minimum Gasteiger partial charge on any atom is -0.340 e. The second-order valence-electron chi connectivity index (χ2n) is 6.31. The monoisotopic (exact) mass is 296 g/mol. The normalized spacial score (nSPS) is 23.1. The van der Waals surface area contributed by atoms with E-state index in [-0.39, 0.29) is 23.8 Å². The Hall–Kier alpha value is -1.06.